The lowest BCUT2D eigenvalue weighted by atomic mass is 10.2. The van der Waals surface area contributed by atoms with Gasteiger partial charge in [-0.25, -0.2) is 4.98 Å². The van der Waals surface area contributed by atoms with Crippen LogP contribution in [0.5, 0.6) is 0 Å². The van der Waals surface area contributed by atoms with Gasteiger partial charge in [-0.3, -0.25) is 4.68 Å². The van der Waals surface area contributed by atoms with E-state index in [0.29, 0.717) is 11.6 Å². The van der Waals surface area contributed by atoms with Crippen molar-refractivity contribution in [2.24, 2.45) is 0 Å². The molecule has 1 aliphatic rings. The molecular formula is C15H17N5. The first kappa shape index (κ1) is 12.7. The lowest BCUT2D eigenvalue weighted by Crippen LogP contribution is -2.22. The van der Waals surface area contributed by atoms with E-state index >= 15 is 0 Å². The van der Waals surface area contributed by atoms with Gasteiger partial charge in [0.2, 0.25) is 0 Å². The molecule has 2 aromatic heterocycles. The highest BCUT2D eigenvalue weighted by Crippen LogP contribution is 2.26. The third-order valence-corrected chi connectivity index (χ3v) is 3.78. The Bertz CT molecular complexity index is 667. The fourth-order valence-electron chi connectivity index (χ4n) is 2.64. The topological polar surface area (TPSA) is 57.7 Å². The van der Waals surface area contributed by atoms with Crippen molar-refractivity contribution in [3.05, 3.63) is 41.3 Å². The maximum Gasteiger partial charge on any atom is 0.128 e. The molecule has 0 spiro atoms. The van der Waals surface area contributed by atoms with Gasteiger partial charge in [0.25, 0.3) is 0 Å². The zero-order valence-corrected chi connectivity index (χ0v) is 11.7. The molecule has 5 nitrogen and oxygen atoms in total. The Balaban J connectivity index is 1.77. The molecule has 1 fully saturated rings. The van der Waals surface area contributed by atoms with Crippen molar-refractivity contribution in [3.63, 3.8) is 0 Å². The molecule has 0 saturated carbocycles. The van der Waals surface area contributed by atoms with E-state index in [9.17, 15) is 0 Å². The summed E-state index contributed by atoms with van der Waals surface area (Å²) in [6.45, 7) is 5.83. The Morgan fingerprint density at radius 3 is 2.85 bits per heavy atom. The largest absolute Gasteiger partial charge is 0.354 e. The number of hydrogen-bond donors (Lipinski definition) is 0. The van der Waals surface area contributed by atoms with Gasteiger partial charge in [-0.05, 0) is 38.0 Å². The highest BCUT2D eigenvalue weighted by atomic mass is 15.3. The lowest BCUT2D eigenvalue weighted by molar-refractivity contribution is 0.494. The Kier molecular flexibility index (Phi) is 3.15. The lowest BCUT2D eigenvalue weighted by Gasteiger charge is -2.18. The van der Waals surface area contributed by atoms with Gasteiger partial charge in [-0.2, -0.15) is 10.4 Å². The SMILES string of the molecule is Cc1cnn(C2CCN(c3ccc(C#N)c(C)n3)C2)c1. The van der Waals surface area contributed by atoms with Crippen LogP contribution in [0, 0.1) is 25.2 Å². The second kappa shape index (κ2) is 4.97. The minimum atomic E-state index is 0.404. The number of rotatable bonds is 2. The predicted molar refractivity (Wildman–Crippen MR) is 76.5 cm³/mol. The van der Waals surface area contributed by atoms with Gasteiger partial charge in [0, 0.05) is 19.3 Å². The molecule has 0 bridgehead atoms. The van der Waals surface area contributed by atoms with Crippen molar-refractivity contribution < 1.29 is 0 Å². The first-order chi connectivity index (χ1) is 9.67. The summed E-state index contributed by atoms with van der Waals surface area (Å²) in [5.74, 6) is 0.952. The van der Waals surface area contributed by atoms with Crippen molar-refractivity contribution in [2.75, 3.05) is 18.0 Å². The van der Waals surface area contributed by atoms with Gasteiger partial charge in [0.1, 0.15) is 11.9 Å². The molecule has 1 unspecified atom stereocenters. The summed E-state index contributed by atoms with van der Waals surface area (Å²) < 4.78 is 2.05. The maximum atomic E-state index is 8.95. The van der Waals surface area contributed by atoms with Gasteiger partial charge in [-0.15, -0.1) is 0 Å². The van der Waals surface area contributed by atoms with E-state index in [1.165, 1.54) is 5.56 Å². The number of hydrogen-bond acceptors (Lipinski definition) is 4. The molecule has 5 heteroatoms. The third-order valence-electron chi connectivity index (χ3n) is 3.78. The number of aryl methyl sites for hydroxylation is 2. The average Bonchev–Trinajstić information content (AvgIpc) is 3.07. The van der Waals surface area contributed by atoms with Gasteiger partial charge >= 0.3 is 0 Å². The molecule has 0 amide bonds. The molecular weight excluding hydrogens is 250 g/mol. The van der Waals surface area contributed by atoms with Gasteiger partial charge in [-0.1, -0.05) is 0 Å². The fraction of sp³-hybridized carbons (Fsp3) is 0.400. The number of pyridine rings is 1. The average molecular weight is 267 g/mol. The molecule has 1 aliphatic heterocycles. The van der Waals surface area contributed by atoms with Crippen LogP contribution < -0.4 is 4.90 Å². The maximum absolute atomic E-state index is 8.95. The summed E-state index contributed by atoms with van der Waals surface area (Å²) >= 11 is 0. The standard InChI is InChI=1S/C15H17N5/c1-11-8-17-20(9-11)14-5-6-19(10-14)15-4-3-13(7-16)12(2)18-15/h3-4,8-9,14H,5-6,10H2,1-2H3. The molecule has 3 heterocycles. The summed E-state index contributed by atoms with van der Waals surface area (Å²) in [6.07, 6.45) is 5.06. The van der Waals surface area contributed by atoms with Gasteiger partial charge < -0.3 is 4.90 Å². The zero-order valence-electron chi connectivity index (χ0n) is 11.7. The first-order valence-electron chi connectivity index (χ1n) is 6.81. The van der Waals surface area contributed by atoms with Crippen LogP contribution in [0.4, 0.5) is 5.82 Å². The van der Waals surface area contributed by atoms with Crippen LogP contribution in [0.15, 0.2) is 24.5 Å². The summed E-state index contributed by atoms with van der Waals surface area (Å²) in [6, 6.07) is 6.34. The number of aromatic nitrogens is 3. The smallest absolute Gasteiger partial charge is 0.128 e. The minimum Gasteiger partial charge on any atom is -0.354 e. The van der Waals surface area contributed by atoms with Crippen LogP contribution >= 0.6 is 0 Å². The molecule has 1 atom stereocenters. The second-order valence-corrected chi connectivity index (χ2v) is 5.30. The van der Waals surface area contributed by atoms with E-state index in [2.05, 4.69) is 34.2 Å². The highest BCUT2D eigenvalue weighted by molar-refractivity contribution is 5.46. The zero-order chi connectivity index (χ0) is 14.1. The van der Waals surface area contributed by atoms with E-state index in [1.807, 2.05) is 29.9 Å². The molecule has 0 aromatic carbocycles. The van der Waals surface area contributed by atoms with E-state index < -0.39 is 0 Å². The Morgan fingerprint density at radius 1 is 1.35 bits per heavy atom. The van der Waals surface area contributed by atoms with Crippen LogP contribution in [0.1, 0.15) is 29.3 Å². The normalized spacial score (nSPS) is 18.2. The Morgan fingerprint density at radius 2 is 2.20 bits per heavy atom. The highest BCUT2D eigenvalue weighted by Gasteiger charge is 2.25. The van der Waals surface area contributed by atoms with Crippen molar-refractivity contribution in [1.29, 1.82) is 5.26 Å². The summed E-state index contributed by atoms with van der Waals surface area (Å²) in [7, 11) is 0. The fourth-order valence-corrected chi connectivity index (χ4v) is 2.64. The quantitative estimate of drug-likeness (QED) is 0.837. The van der Waals surface area contributed by atoms with E-state index in [4.69, 9.17) is 5.26 Å². The molecule has 3 rings (SSSR count). The van der Waals surface area contributed by atoms with Crippen molar-refractivity contribution >= 4 is 5.82 Å². The second-order valence-electron chi connectivity index (χ2n) is 5.30. The Hall–Kier alpha value is -2.35. The van der Waals surface area contributed by atoms with E-state index in [0.717, 1.165) is 31.0 Å². The summed E-state index contributed by atoms with van der Waals surface area (Å²) in [4.78, 5) is 6.79. The number of nitriles is 1. The summed E-state index contributed by atoms with van der Waals surface area (Å²) in [5, 5.41) is 13.3. The third kappa shape index (κ3) is 2.25. The van der Waals surface area contributed by atoms with Crippen LogP contribution in [0.2, 0.25) is 0 Å². The minimum absolute atomic E-state index is 0.404. The predicted octanol–water partition coefficient (Wildman–Crippen LogP) is 2.22. The van der Waals surface area contributed by atoms with Gasteiger partial charge in [0.05, 0.1) is 23.5 Å². The van der Waals surface area contributed by atoms with Gasteiger partial charge in [0.15, 0.2) is 0 Å². The molecule has 102 valence electrons. The van der Waals surface area contributed by atoms with Crippen molar-refractivity contribution in [3.8, 4) is 6.07 Å². The van der Waals surface area contributed by atoms with E-state index in [-0.39, 0.29) is 0 Å². The van der Waals surface area contributed by atoms with Crippen LogP contribution in [-0.4, -0.2) is 27.9 Å². The number of nitrogens with zero attached hydrogens (tertiary/aromatic N) is 5. The van der Waals surface area contributed by atoms with Crippen LogP contribution in [-0.2, 0) is 0 Å². The molecule has 0 N–H and O–H groups in total. The van der Waals surface area contributed by atoms with Crippen molar-refractivity contribution in [2.45, 2.75) is 26.3 Å². The molecule has 0 radical (unpaired) electrons. The monoisotopic (exact) mass is 267 g/mol. The Labute approximate surface area is 118 Å². The van der Waals surface area contributed by atoms with E-state index in [1.54, 1.807) is 0 Å². The molecule has 20 heavy (non-hydrogen) atoms. The van der Waals surface area contributed by atoms with Crippen LogP contribution in [0.3, 0.4) is 0 Å². The first-order valence-corrected chi connectivity index (χ1v) is 6.81. The molecule has 1 saturated heterocycles. The van der Waals surface area contributed by atoms with Crippen molar-refractivity contribution in [1.82, 2.24) is 14.8 Å². The molecule has 0 aliphatic carbocycles. The van der Waals surface area contributed by atoms with Crippen LogP contribution in [0.25, 0.3) is 0 Å². The molecule has 2 aromatic rings. The summed E-state index contributed by atoms with van der Waals surface area (Å²) in [5.41, 5.74) is 2.63. The number of anilines is 1.